The van der Waals surface area contributed by atoms with E-state index >= 15 is 0 Å². The summed E-state index contributed by atoms with van der Waals surface area (Å²) in [6, 6.07) is 24.1. The van der Waals surface area contributed by atoms with Crippen molar-refractivity contribution in [3.8, 4) is 0 Å². The van der Waals surface area contributed by atoms with Gasteiger partial charge in [-0.25, -0.2) is 0 Å². The van der Waals surface area contributed by atoms with Crippen molar-refractivity contribution in [1.29, 1.82) is 0 Å². The van der Waals surface area contributed by atoms with E-state index in [2.05, 4.69) is 25.1 Å². The molecule has 3 heteroatoms. The molecule has 1 amide bonds. The highest BCUT2D eigenvalue weighted by Gasteiger charge is 2.38. The SMILES string of the molecule is CCCCCc1ccc2c(c1Cc1ccccc1)C(=O)C(=O)N2Cc1ccccc1. The largest absolute Gasteiger partial charge is 0.300 e. The molecule has 0 N–H and O–H groups in total. The smallest absolute Gasteiger partial charge is 0.299 e. The van der Waals surface area contributed by atoms with Crippen LogP contribution in [0.5, 0.6) is 0 Å². The van der Waals surface area contributed by atoms with Crippen LogP contribution in [0.3, 0.4) is 0 Å². The summed E-state index contributed by atoms with van der Waals surface area (Å²) in [6.07, 6.45) is 5.01. The number of hydrogen-bond donors (Lipinski definition) is 0. The second-order valence-corrected chi connectivity index (χ2v) is 7.92. The zero-order valence-electron chi connectivity index (χ0n) is 17.4. The van der Waals surface area contributed by atoms with Gasteiger partial charge < -0.3 is 4.90 Å². The van der Waals surface area contributed by atoms with Crippen molar-refractivity contribution in [2.45, 2.75) is 45.6 Å². The molecular weight excluding hydrogens is 370 g/mol. The summed E-state index contributed by atoms with van der Waals surface area (Å²) in [6.45, 7) is 2.61. The Morgan fingerprint density at radius 3 is 2.10 bits per heavy atom. The van der Waals surface area contributed by atoms with E-state index in [0.717, 1.165) is 48.1 Å². The molecule has 3 aromatic rings. The zero-order chi connectivity index (χ0) is 20.9. The van der Waals surface area contributed by atoms with Gasteiger partial charge in [-0.15, -0.1) is 0 Å². The number of carbonyl (C=O) groups excluding carboxylic acids is 2. The average molecular weight is 398 g/mol. The molecule has 0 spiro atoms. The molecule has 30 heavy (non-hydrogen) atoms. The number of amides is 1. The first kappa shape index (κ1) is 20.1. The number of aryl methyl sites for hydroxylation is 1. The predicted molar refractivity (Wildman–Crippen MR) is 121 cm³/mol. The third kappa shape index (κ3) is 4.06. The monoisotopic (exact) mass is 397 g/mol. The maximum absolute atomic E-state index is 13.1. The van der Waals surface area contributed by atoms with Gasteiger partial charge in [0.15, 0.2) is 0 Å². The van der Waals surface area contributed by atoms with Gasteiger partial charge >= 0.3 is 0 Å². The summed E-state index contributed by atoms with van der Waals surface area (Å²) in [5.74, 6) is -0.793. The number of unbranched alkanes of at least 4 members (excludes halogenated alkanes) is 2. The van der Waals surface area contributed by atoms with E-state index in [0.29, 0.717) is 18.5 Å². The van der Waals surface area contributed by atoms with Gasteiger partial charge in [-0.2, -0.15) is 0 Å². The Labute approximate surface area is 178 Å². The van der Waals surface area contributed by atoms with Gasteiger partial charge in [0.1, 0.15) is 0 Å². The lowest BCUT2D eigenvalue weighted by molar-refractivity contribution is -0.114. The minimum Gasteiger partial charge on any atom is -0.300 e. The molecule has 4 rings (SSSR count). The fourth-order valence-electron chi connectivity index (χ4n) is 4.22. The summed E-state index contributed by atoms with van der Waals surface area (Å²) in [7, 11) is 0. The maximum atomic E-state index is 13.1. The minimum absolute atomic E-state index is 0.371. The molecule has 3 aromatic carbocycles. The van der Waals surface area contributed by atoms with Crippen molar-refractivity contribution in [2.24, 2.45) is 0 Å². The molecule has 1 aliphatic heterocycles. The molecule has 152 valence electrons. The van der Waals surface area contributed by atoms with Crippen LogP contribution in [0, 0.1) is 0 Å². The molecule has 0 bridgehead atoms. The first-order valence-corrected chi connectivity index (χ1v) is 10.8. The van der Waals surface area contributed by atoms with Gasteiger partial charge in [0, 0.05) is 0 Å². The van der Waals surface area contributed by atoms with Crippen LogP contribution in [0.4, 0.5) is 5.69 Å². The van der Waals surface area contributed by atoms with E-state index in [4.69, 9.17) is 0 Å². The van der Waals surface area contributed by atoms with Crippen molar-refractivity contribution in [2.75, 3.05) is 4.90 Å². The van der Waals surface area contributed by atoms with Crippen molar-refractivity contribution < 1.29 is 9.59 Å². The van der Waals surface area contributed by atoms with E-state index in [-0.39, 0.29) is 5.78 Å². The Hall–Kier alpha value is -3.20. The lowest BCUT2D eigenvalue weighted by Crippen LogP contribution is -2.29. The fraction of sp³-hybridized carbons (Fsp3) is 0.259. The average Bonchev–Trinajstić information content (AvgIpc) is 3.01. The van der Waals surface area contributed by atoms with E-state index in [1.165, 1.54) is 5.56 Å². The molecule has 1 heterocycles. The molecule has 0 radical (unpaired) electrons. The number of rotatable bonds is 8. The van der Waals surface area contributed by atoms with Crippen molar-refractivity contribution in [3.05, 3.63) is 101 Å². The van der Waals surface area contributed by atoms with Crippen LogP contribution in [0.25, 0.3) is 0 Å². The van der Waals surface area contributed by atoms with Gasteiger partial charge in [-0.1, -0.05) is 86.5 Å². The number of benzene rings is 3. The number of hydrogen-bond acceptors (Lipinski definition) is 2. The Morgan fingerprint density at radius 2 is 1.43 bits per heavy atom. The van der Waals surface area contributed by atoms with Gasteiger partial charge in [-0.05, 0) is 47.6 Å². The van der Waals surface area contributed by atoms with E-state index in [1.54, 1.807) is 4.90 Å². The molecule has 0 aliphatic carbocycles. The molecule has 0 fully saturated rings. The highest BCUT2D eigenvalue weighted by molar-refractivity contribution is 6.52. The second kappa shape index (κ2) is 9.08. The second-order valence-electron chi connectivity index (χ2n) is 7.92. The summed E-state index contributed by atoms with van der Waals surface area (Å²) in [5.41, 5.74) is 5.73. The topological polar surface area (TPSA) is 37.4 Å². The first-order chi connectivity index (χ1) is 14.7. The number of Topliss-reactive ketones (excluding diaryl/α,β-unsaturated/α-hetero) is 1. The van der Waals surface area contributed by atoms with E-state index in [9.17, 15) is 9.59 Å². The summed E-state index contributed by atoms with van der Waals surface area (Å²) in [4.78, 5) is 27.7. The van der Waals surface area contributed by atoms with Gasteiger partial charge in [0.25, 0.3) is 11.7 Å². The number of ketones is 1. The highest BCUT2D eigenvalue weighted by Crippen LogP contribution is 2.36. The maximum Gasteiger partial charge on any atom is 0.299 e. The molecule has 0 saturated heterocycles. The van der Waals surface area contributed by atoms with Crippen LogP contribution in [0.1, 0.15) is 58.8 Å². The predicted octanol–water partition coefficient (Wildman–Crippen LogP) is 5.74. The lowest BCUT2D eigenvalue weighted by Gasteiger charge is -2.19. The Bertz CT molecular complexity index is 1040. The minimum atomic E-state index is -0.422. The van der Waals surface area contributed by atoms with E-state index < -0.39 is 5.91 Å². The normalized spacial score (nSPS) is 13.0. The number of carbonyl (C=O) groups is 2. The Balaban J connectivity index is 1.75. The Kier molecular flexibility index (Phi) is 6.08. The lowest BCUT2D eigenvalue weighted by atomic mass is 9.90. The van der Waals surface area contributed by atoms with Crippen LogP contribution in [0.2, 0.25) is 0 Å². The summed E-state index contributed by atoms with van der Waals surface area (Å²) < 4.78 is 0. The molecule has 0 unspecified atom stereocenters. The standard InChI is InChI=1S/C27H27NO2/c1-2-3-6-15-22-16-17-24-25(23(22)18-20-11-7-4-8-12-20)26(29)27(30)28(24)19-21-13-9-5-10-14-21/h4-5,7-14,16-17H,2-3,6,15,18-19H2,1H3. The quantitative estimate of drug-likeness (QED) is 0.359. The van der Waals surface area contributed by atoms with Crippen molar-refractivity contribution >= 4 is 17.4 Å². The third-order valence-corrected chi connectivity index (χ3v) is 5.80. The van der Waals surface area contributed by atoms with Gasteiger partial charge in [0.05, 0.1) is 17.8 Å². The van der Waals surface area contributed by atoms with Crippen molar-refractivity contribution in [3.63, 3.8) is 0 Å². The van der Waals surface area contributed by atoms with Gasteiger partial charge in [-0.3, -0.25) is 9.59 Å². The molecule has 0 atom stereocenters. The van der Waals surface area contributed by atoms with Crippen LogP contribution < -0.4 is 4.90 Å². The van der Waals surface area contributed by atoms with Crippen LogP contribution in [-0.2, 0) is 24.2 Å². The first-order valence-electron chi connectivity index (χ1n) is 10.8. The zero-order valence-corrected chi connectivity index (χ0v) is 17.4. The number of anilines is 1. The summed E-state index contributed by atoms with van der Waals surface area (Å²) >= 11 is 0. The van der Waals surface area contributed by atoms with Crippen LogP contribution in [0.15, 0.2) is 72.8 Å². The van der Waals surface area contributed by atoms with Crippen molar-refractivity contribution in [1.82, 2.24) is 0 Å². The highest BCUT2D eigenvalue weighted by atomic mass is 16.2. The van der Waals surface area contributed by atoms with Gasteiger partial charge in [0.2, 0.25) is 0 Å². The summed E-state index contributed by atoms with van der Waals surface area (Å²) in [5, 5.41) is 0. The fourth-order valence-corrected chi connectivity index (χ4v) is 4.22. The van der Waals surface area contributed by atoms with Crippen LogP contribution in [-0.4, -0.2) is 11.7 Å². The van der Waals surface area contributed by atoms with Crippen LogP contribution >= 0.6 is 0 Å². The molecule has 3 nitrogen and oxygen atoms in total. The number of fused-ring (bicyclic) bond motifs is 1. The third-order valence-electron chi connectivity index (χ3n) is 5.80. The molecule has 1 aliphatic rings. The molecule has 0 saturated carbocycles. The van der Waals surface area contributed by atoms with E-state index in [1.807, 2.05) is 54.6 Å². The number of nitrogens with zero attached hydrogens (tertiary/aromatic N) is 1. The molecule has 0 aromatic heterocycles. The Morgan fingerprint density at radius 1 is 0.767 bits per heavy atom. The molecular formula is C27H27NO2.